The van der Waals surface area contributed by atoms with Crippen LogP contribution in [0.3, 0.4) is 0 Å². The van der Waals surface area contributed by atoms with E-state index in [4.69, 9.17) is 4.52 Å². The van der Waals surface area contributed by atoms with Crippen LogP contribution in [-0.2, 0) is 0 Å². The summed E-state index contributed by atoms with van der Waals surface area (Å²) in [5, 5.41) is 7.30. The van der Waals surface area contributed by atoms with Crippen LogP contribution in [-0.4, -0.2) is 42.2 Å². The number of alkyl halides is 2. The van der Waals surface area contributed by atoms with E-state index < -0.39 is 5.92 Å². The van der Waals surface area contributed by atoms with Crippen LogP contribution in [0.1, 0.15) is 37.5 Å². The minimum absolute atomic E-state index is 0.0370. The summed E-state index contributed by atoms with van der Waals surface area (Å²) in [4.78, 5) is 6.54. The lowest BCUT2D eigenvalue weighted by molar-refractivity contribution is -0.198. The van der Waals surface area contributed by atoms with Crippen LogP contribution in [0.5, 0.6) is 0 Å². The van der Waals surface area contributed by atoms with E-state index in [1.165, 1.54) is 0 Å². The first-order valence-corrected chi connectivity index (χ1v) is 7.23. The minimum Gasteiger partial charge on any atom is -0.337 e. The number of nitrogens with one attached hydrogen (secondary N) is 1. The van der Waals surface area contributed by atoms with Gasteiger partial charge in [0.25, 0.3) is 5.95 Å². The molecule has 7 heteroatoms. The van der Waals surface area contributed by atoms with Gasteiger partial charge in [0, 0.05) is 44.9 Å². The molecular weight excluding hydrogens is 266 g/mol. The predicted octanol–water partition coefficient (Wildman–Crippen LogP) is 1.77. The summed E-state index contributed by atoms with van der Waals surface area (Å²) >= 11 is 0. The lowest BCUT2D eigenvalue weighted by Crippen LogP contribution is -2.52. The van der Waals surface area contributed by atoms with Crippen molar-refractivity contribution in [3.63, 3.8) is 0 Å². The first-order valence-electron chi connectivity index (χ1n) is 7.23. The molecule has 0 amide bonds. The Morgan fingerprint density at radius 3 is 2.55 bits per heavy atom. The SMILES string of the molecule is FC1(F)CC2(CC(c3nc(N4CCNCC4)no3)C2)C1. The third kappa shape index (κ3) is 1.99. The molecule has 3 aliphatic rings. The van der Waals surface area contributed by atoms with Crippen LogP contribution in [0.4, 0.5) is 14.7 Å². The molecule has 1 saturated heterocycles. The van der Waals surface area contributed by atoms with Gasteiger partial charge in [0.05, 0.1) is 0 Å². The van der Waals surface area contributed by atoms with Crippen molar-refractivity contribution >= 4 is 5.95 Å². The molecule has 0 aromatic carbocycles. The van der Waals surface area contributed by atoms with Crippen LogP contribution in [0.2, 0.25) is 0 Å². The summed E-state index contributed by atoms with van der Waals surface area (Å²) in [5.41, 5.74) is -0.141. The molecule has 0 bridgehead atoms. The second-order valence-electron chi connectivity index (χ2n) is 6.48. The highest BCUT2D eigenvalue weighted by molar-refractivity contribution is 5.29. The first-order chi connectivity index (χ1) is 9.55. The third-order valence-corrected chi connectivity index (χ3v) is 4.81. The maximum Gasteiger partial charge on any atom is 0.266 e. The van der Waals surface area contributed by atoms with E-state index in [1.54, 1.807) is 0 Å². The summed E-state index contributed by atoms with van der Waals surface area (Å²) in [6.45, 7) is 3.59. The first kappa shape index (κ1) is 12.5. The zero-order chi connectivity index (χ0) is 13.8. The van der Waals surface area contributed by atoms with E-state index in [9.17, 15) is 8.78 Å². The Morgan fingerprint density at radius 1 is 1.20 bits per heavy atom. The summed E-state index contributed by atoms with van der Waals surface area (Å²) in [6.07, 6.45) is 1.61. The number of nitrogens with zero attached hydrogens (tertiary/aromatic N) is 3. The zero-order valence-electron chi connectivity index (χ0n) is 11.2. The molecule has 2 heterocycles. The molecule has 1 aromatic heterocycles. The summed E-state index contributed by atoms with van der Waals surface area (Å²) < 4.78 is 31.3. The fourth-order valence-electron chi connectivity index (χ4n) is 3.88. The van der Waals surface area contributed by atoms with E-state index in [0.717, 1.165) is 39.0 Å². The van der Waals surface area contributed by atoms with Gasteiger partial charge >= 0.3 is 0 Å². The Balaban J connectivity index is 1.38. The topological polar surface area (TPSA) is 54.2 Å². The molecule has 110 valence electrons. The summed E-state index contributed by atoms with van der Waals surface area (Å²) in [7, 11) is 0. The lowest BCUT2D eigenvalue weighted by Gasteiger charge is -2.56. The van der Waals surface area contributed by atoms with Gasteiger partial charge in [0.15, 0.2) is 0 Å². The van der Waals surface area contributed by atoms with Gasteiger partial charge in [-0.15, -0.1) is 0 Å². The van der Waals surface area contributed by atoms with Crippen molar-refractivity contribution in [2.75, 3.05) is 31.1 Å². The van der Waals surface area contributed by atoms with Gasteiger partial charge in [0.1, 0.15) is 0 Å². The van der Waals surface area contributed by atoms with Gasteiger partial charge in [-0.05, 0) is 23.4 Å². The van der Waals surface area contributed by atoms with Crippen molar-refractivity contribution in [1.29, 1.82) is 0 Å². The molecule has 2 aliphatic carbocycles. The van der Waals surface area contributed by atoms with E-state index >= 15 is 0 Å². The molecule has 1 spiro atoms. The Hall–Kier alpha value is -1.24. The van der Waals surface area contributed by atoms with Crippen molar-refractivity contribution < 1.29 is 13.3 Å². The van der Waals surface area contributed by atoms with Gasteiger partial charge in [-0.3, -0.25) is 0 Å². The lowest BCUT2D eigenvalue weighted by atomic mass is 9.50. The van der Waals surface area contributed by atoms with Crippen molar-refractivity contribution in [2.45, 2.75) is 37.5 Å². The molecule has 3 fully saturated rings. The standard InChI is InChI=1S/C13H18F2N4O/c14-13(15)7-12(8-13)5-9(6-12)10-17-11(18-20-10)19-3-1-16-2-4-19/h9,16H,1-8H2. The molecule has 5 nitrogen and oxygen atoms in total. The van der Waals surface area contributed by atoms with Gasteiger partial charge in [0.2, 0.25) is 11.8 Å². The number of piperazine rings is 1. The highest BCUT2D eigenvalue weighted by Gasteiger charge is 2.62. The van der Waals surface area contributed by atoms with Gasteiger partial charge in [-0.2, -0.15) is 4.98 Å². The van der Waals surface area contributed by atoms with Gasteiger partial charge in [-0.25, -0.2) is 8.78 Å². The Kier molecular flexibility index (Phi) is 2.58. The molecule has 4 rings (SSSR count). The average Bonchev–Trinajstić information content (AvgIpc) is 2.83. The van der Waals surface area contributed by atoms with Crippen LogP contribution >= 0.6 is 0 Å². The second kappa shape index (κ2) is 4.13. The summed E-state index contributed by atoms with van der Waals surface area (Å²) in [5.74, 6) is -0.998. The molecule has 20 heavy (non-hydrogen) atoms. The predicted molar refractivity (Wildman–Crippen MR) is 68.0 cm³/mol. The minimum atomic E-state index is -2.44. The van der Waals surface area contributed by atoms with Crippen molar-refractivity contribution in [3.8, 4) is 0 Å². The van der Waals surface area contributed by atoms with Crippen LogP contribution < -0.4 is 10.2 Å². The number of anilines is 1. The zero-order valence-corrected chi connectivity index (χ0v) is 11.2. The smallest absolute Gasteiger partial charge is 0.266 e. The summed E-state index contributed by atoms with van der Waals surface area (Å²) in [6, 6.07) is 0. The van der Waals surface area contributed by atoms with E-state index in [-0.39, 0.29) is 24.2 Å². The number of hydrogen-bond donors (Lipinski definition) is 1. The van der Waals surface area contributed by atoms with Crippen molar-refractivity contribution in [3.05, 3.63) is 5.89 Å². The molecular formula is C13H18F2N4O. The number of rotatable bonds is 2. The Bertz CT molecular complexity index is 496. The monoisotopic (exact) mass is 284 g/mol. The molecule has 1 aliphatic heterocycles. The maximum atomic E-state index is 13.0. The normalized spacial score (nSPS) is 28.2. The number of aromatic nitrogens is 2. The third-order valence-electron chi connectivity index (χ3n) is 4.81. The van der Waals surface area contributed by atoms with Gasteiger partial charge < -0.3 is 14.7 Å². The molecule has 1 N–H and O–H groups in total. The largest absolute Gasteiger partial charge is 0.337 e. The number of halogens is 2. The Morgan fingerprint density at radius 2 is 1.90 bits per heavy atom. The molecule has 2 saturated carbocycles. The Labute approximate surface area is 115 Å². The molecule has 0 atom stereocenters. The number of hydrogen-bond acceptors (Lipinski definition) is 5. The maximum absolute atomic E-state index is 13.0. The van der Waals surface area contributed by atoms with Crippen LogP contribution in [0.25, 0.3) is 0 Å². The van der Waals surface area contributed by atoms with Crippen LogP contribution in [0.15, 0.2) is 4.52 Å². The fourth-order valence-corrected chi connectivity index (χ4v) is 3.88. The average molecular weight is 284 g/mol. The van der Waals surface area contributed by atoms with Crippen molar-refractivity contribution in [2.24, 2.45) is 5.41 Å². The van der Waals surface area contributed by atoms with Crippen LogP contribution in [0, 0.1) is 5.41 Å². The van der Waals surface area contributed by atoms with E-state index in [1.807, 2.05) is 0 Å². The highest BCUT2D eigenvalue weighted by Crippen LogP contribution is 2.66. The quantitative estimate of drug-likeness (QED) is 0.897. The van der Waals surface area contributed by atoms with E-state index in [2.05, 4.69) is 20.4 Å². The van der Waals surface area contributed by atoms with Gasteiger partial charge in [-0.1, -0.05) is 0 Å². The molecule has 0 radical (unpaired) electrons. The fraction of sp³-hybridized carbons (Fsp3) is 0.846. The van der Waals surface area contributed by atoms with E-state index in [0.29, 0.717) is 11.8 Å². The molecule has 1 aromatic rings. The molecule has 0 unspecified atom stereocenters. The highest BCUT2D eigenvalue weighted by atomic mass is 19.3. The van der Waals surface area contributed by atoms with Crippen molar-refractivity contribution in [1.82, 2.24) is 15.5 Å². The second-order valence-corrected chi connectivity index (χ2v) is 6.48.